The van der Waals surface area contributed by atoms with E-state index in [2.05, 4.69) is 22.0 Å². The van der Waals surface area contributed by atoms with Crippen molar-refractivity contribution in [3.63, 3.8) is 0 Å². The first-order valence-corrected chi connectivity index (χ1v) is 10.1. The van der Waals surface area contributed by atoms with E-state index in [1.807, 2.05) is 13.8 Å². The minimum Gasteiger partial charge on any atom is -0.375 e. The van der Waals surface area contributed by atoms with Crippen molar-refractivity contribution in [2.24, 2.45) is 9.98 Å². The molecule has 154 valence electrons. The number of aliphatic imine (C=N–C) groups is 2. The number of hydrogen-bond donors (Lipinski definition) is 1. The summed E-state index contributed by atoms with van der Waals surface area (Å²) in [5.74, 6) is -2.50. The number of nitrogens with one attached hydrogen (secondary N) is 1. The fraction of sp³-hybridized carbons (Fsp3) is 0.524. The molecule has 1 unspecified atom stereocenters. The van der Waals surface area contributed by atoms with E-state index in [0.717, 1.165) is 17.7 Å². The quantitative estimate of drug-likeness (QED) is 0.255. The average molecular weight is 412 g/mol. The van der Waals surface area contributed by atoms with Gasteiger partial charge in [-0.15, -0.1) is 11.6 Å². The van der Waals surface area contributed by atoms with Crippen LogP contribution in [0, 0.1) is 0 Å². The van der Waals surface area contributed by atoms with Gasteiger partial charge in [0.2, 0.25) is 0 Å². The Bertz CT molecular complexity index is 728. The number of ether oxygens (including phenoxy) is 1. The predicted molar refractivity (Wildman–Crippen MR) is 111 cm³/mol. The summed E-state index contributed by atoms with van der Waals surface area (Å²) in [5.41, 5.74) is 2.54. The molecule has 1 atom stereocenters. The molecule has 0 spiro atoms. The highest BCUT2D eigenvalue weighted by Gasteiger charge is 2.43. The summed E-state index contributed by atoms with van der Waals surface area (Å²) in [6, 6.07) is 6.65. The standard InChI is InChI=1S/C21H28ClF2N3O/c1-4-17(18(5-2)27-14-22)20(25-3)26-13-15-8-6-9-16(12-15)21(23,24)19-10-7-11-28-19/h6,8-9,12,19,27H,3-5,7,10-11,13-14H2,1-2H3/b18-17-,26-20?. The van der Waals surface area contributed by atoms with E-state index >= 15 is 0 Å². The van der Waals surface area contributed by atoms with Gasteiger partial charge in [0.05, 0.1) is 12.5 Å². The summed E-state index contributed by atoms with van der Waals surface area (Å²) in [4.78, 5) is 8.58. The lowest BCUT2D eigenvalue weighted by molar-refractivity contribution is -0.122. The van der Waals surface area contributed by atoms with Gasteiger partial charge in [-0.25, -0.2) is 4.99 Å². The zero-order valence-corrected chi connectivity index (χ0v) is 17.2. The Kier molecular flexibility index (Phi) is 8.58. The fourth-order valence-corrected chi connectivity index (χ4v) is 3.53. The summed E-state index contributed by atoms with van der Waals surface area (Å²) < 4.78 is 34.6. The third-order valence-electron chi connectivity index (χ3n) is 4.83. The van der Waals surface area contributed by atoms with E-state index in [0.29, 0.717) is 37.3 Å². The van der Waals surface area contributed by atoms with Gasteiger partial charge in [0.25, 0.3) is 5.92 Å². The molecule has 1 saturated heterocycles. The van der Waals surface area contributed by atoms with Crippen LogP contribution in [0.2, 0.25) is 0 Å². The first-order valence-electron chi connectivity index (χ1n) is 9.60. The number of hydrogen-bond acceptors (Lipinski definition) is 3. The molecular formula is C21H28ClF2N3O. The average Bonchev–Trinajstić information content (AvgIpc) is 3.26. The van der Waals surface area contributed by atoms with Gasteiger partial charge in [0, 0.05) is 23.4 Å². The molecule has 1 aromatic rings. The third kappa shape index (κ3) is 5.39. The Morgan fingerprint density at radius 3 is 2.71 bits per heavy atom. The van der Waals surface area contributed by atoms with Gasteiger partial charge in [-0.2, -0.15) is 8.78 Å². The molecule has 28 heavy (non-hydrogen) atoms. The maximum absolute atomic E-state index is 14.7. The van der Waals surface area contributed by atoms with E-state index in [1.54, 1.807) is 12.1 Å². The van der Waals surface area contributed by atoms with Gasteiger partial charge in [0.1, 0.15) is 6.10 Å². The van der Waals surface area contributed by atoms with E-state index in [1.165, 1.54) is 12.1 Å². The summed E-state index contributed by atoms with van der Waals surface area (Å²) in [7, 11) is 0. The largest absolute Gasteiger partial charge is 0.375 e. The van der Waals surface area contributed by atoms with Crippen LogP contribution in [-0.4, -0.2) is 31.3 Å². The number of amidine groups is 1. The maximum atomic E-state index is 14.7. The molecule has 1 N–H and O–H groups in total. The van der Waals surface area contributed by atoms with E-state index in [-0.39, 0.29) is 18.1 Å². The lowest BCUT2D eigenvalue weighted by atomic mass is 9.99. The normalized spacial score (nSPS) is 18.8. The van der Waals surface area contributed by atoms with Crippen LogP contribution >= 0.6 is 11.6 Å². The van der Waals surface area contributed by atoms with Crippen LogP contribution in [0.25, 0.3) is 0 Å². The minimum absolute atomic E-state index is 0.0375. The van der Waals surface area contributed by atoms with Gasteiger partial charge in [-0.3, -0.25) is 4.99 Å². The monoisotopic (exact) mass is 411 g/mol. The van der Waals surface area contributed by atoms with Crippen molar-refractivity contribution in [2.75, 3.05) is 12.6 Å². The van der Waals surface area contributed by atoms with Crippen molar-refractivity contribution >= 4 is 24.2 Å². The van der Waals surface area contributed by atoms with Gasteiger partial charge in [0.15, 0.2) is 5.84 Å². The SMILES string of the molecule is C=NC(=NCc1cccc(C(F)(F)C2CCCO2)c1)/C(CC)=C(/CC)NCCl. The van der Waals surface area contributed by atoms with Crippen LogP contribution in [0.15, 0.2) is 45.5 Å². The molecule has 2 rings (SSSR count). The second-order valence-corrected chi connectivity index (χ2v) is 6.86. The minimum atomic E-state index is -3.01. The third-order valence-corrected chi connectivity index (χ3v) is 4.96. The zero-order chi connectivity index (χ0) is 20.6. The number of nitrogens with zero attached hydrogens (tertiary/aromatic N) is 2. The van der Waals surface area contributed by atoms with Gasteiger partial charge < -0.3 is 10.1 Å². The molecule has 0 bridgehead atoms. The lowest BCUT2D eigenvalue weighted by Gasteiger charge is -2.23. The zero-order valence-electron chi connectivity index (χ0n) is 16.5. The molecule has 1 fully saturated rings. The molecule has 0 radical (unpaired) electrons. The Hall–Kier alpha value is -1.79. The van der Waals surface area contributed by atoms with Crippen molar-refractivity contribution in [2.45, 2.75) is 58.1 Å². The second-order valence-electron chi connectivity index (χ2n) is 6.60. The topological polar surface area (TPSA) is 46.0 Å². The van der Waals surface area contributed by atoms with Crippen LogP contribution in [0.4, 0.5) is 8.78 Å². The van der Waals surface area contributed by atoms with E-state index < -0.39 is 12.0 Å². The van der Waals surface area contributed by atoms with Crippen molar-refractivity contribution in [3.8, 4) is 0 Å². The molecule has 0 aromatic heterocycles. The molecule has 1 aliphatic heterocycles. The second kappa shape index (κ2) is 10.7. The van der Waals surface area contributed by atoms with Crippen molar-refractivity contribution in [1.82, 2.24) is 5.32 Å². The maximum Gasteiger partial charge on any atom is 0.298 e. The summed E-state index contributed by atoms with van der Waals surface area (Å²) in [5, 5.41) is 3.12. The summed E-state index contributed by atoms with van der Waals surface area (Å²) >= 11 is 5.80. The molecule has 4 nitrogen and oxygen atoms in total. The van der Waals surface area contributed by atoms with Crippen molar-refractivity contribution in [3.05, 3.63) is 46.7 Å². The van der Waals surface area contributed by atoms with E-state index in [9.17, 15) is 8.78 Å². The molecule has 1 aromatic carbocycles. The predicted octanol–water partition coefficient (Wildman–Crippen LogP) is 5.42. The highest BCUT2D eigenvalue weighted by Crippen LogP contribution is 2.38. The summed E-state index contributed by atoms with van der Waals surface area (Å²) in [6.45, 7) is 8.27. The van der Waals surface area contributed by atoms with E-state index in [4.69, 9.17) is 16.3 Å². The number of rotatable bonds is 9. The molecule has 1 aliphatic rings. The number of benzene rings is 1. The highest BCUT2D eigenvalue weighted by atomic mass is 35.5. The summed E-state index contributed by atoms with van der Waals surface area (Å²) in [6.07, 6.45) is 1.45. The molecule has 0 aliphatic carbocycles. The van der Waals surface area contributed by atoms with Crippen LogP contribution in [0.1, 0.15) is 50.7 Å². The van der Waals surface area contributed by atoms with Gasteiger partial charge >= 0.3 is 0 Å². The van der Waals surface area contributed by atoms with Gasteiger partial charge in [-0.1, -0.05) is 32.0 Å². The number of alkyl halides is 3. The fourth-order valence-electron chi connectivity index (χ4n) is 3.37. The molecular weight excluding hydrogens is 384 g/mol. The first kappa shape index (κ1) is 22.5. The number of allylic oxidation sites excluding steroid dienone is 1. The molecule has 1 heterocycles. The Morgan fingerprint density at radius 1 is 1.36 bits per heavy atom. The molecule has 7 heteroatoms. The van der Waals surface area contributed by atoms with Crippen molar-refractivity contribution < 1.29 is 13.5 Å². The Balaban J connectivity index is 2.25. The number of halogens is 3. The Labute approximate surface area is 170 Å². The van der Waals surface area contributed by atoms with Crippen LogP contribution in [0.3, 0.4) is 0 Å². The molecule has 0 saturated carbocycles. The molecule has 0 amide bonds. The van der Waals surface area contributed by atoms with Gasteiger partial charge in [-0.05, 0) is 44.0 Å². The lowest BCUT2D eigenvalue weighted by Crippen LogP contribution is -2.30. The van der Waals surface area contributed by atoms with Crippen LogP contribution < -0.4 is 5.32 Å². The van der Waals surface area contributed by atoms with Crippen LogP contribution in [0.5, 0.6) is 0 Å². The highest BCUT2D eigenvalue weighted by molar-refractivity contribution is 6.17. The Morgan fingerprint density at radius 2 is 2.14 bits per heavy atom. The van der Waals surface area contributed by atoms with Crippen LogP contribution in [-0.2, 0) is 17.2 Å². The first-order chi connectivity index (χ1) is 13.5. The smallest absolute Gasteiger partial charge is 0.298 e. The van der Waals surface area contributed by atoms with Crippen molar-refractivity contribution in [1.29, 1.82) is 0 Å².